The number of sulfonamides is 1. The van der Waals surface area contributed by atoms with Gasteiger partial charge in [-0.25, -0.2) is 12.8 Å². The molecule has 1 saturated heterocycles. The second kappa shape index (κ2) is 9.45. The van der Waals surface area contributed by atoms with Crippen molar-refractivity contribution in [1.82, 2.24) is 4.31 Å². The molecule has 0 bridgehead atoms. The third-order valence-corrected chi connectivity index (χ3v) is 9.06. The predicted octanol–water partition coefficient (Wildman–Crippen LogP) is 4.30. The van der Waals surface area contributed by atoms with E-state index in [1.165, 1.54) is 18.2 Å². The molecule has 7 nitrogen and oxygen atoms in total. The van der Waals surface area contributed by atoms with Crippen molar-refractivity contribution in [1.29, 1.82) is 0 Å². The van der Waals surface area contributed by atoms with Crippen molar-refractivity contribution in [3.05, 3.63) is 57.9 Å². The highest BCUT2D eigenvalue weighted by Crippen LogP contribution is 2.41. The van der Waals surface area contributed by atoms with Gasteiger partial charge in [0.1, 0.15) is 16.8 Å². The smallest absolute Gasteiger partial charge is 0.322 e. The van der Waals surface area contributed by atoms with Crippen LogP contribution in [0.15, 0.2) is 35.2 Å². The molecule has 0 spiro atoms. The van der Waals surface area contributed by atoms with Crippen LogP contribution in [0.4, 0.5) is 10.1 Å². The lowest BCUT2D eigenvalue weighted by Crippen LogP contribution is -2.58. The van der Waals surface area contributed by atoms with E-state index < -0.39 is 33.8 Å². The highest BCUT2D eigenvalue weighted by molar-refractivity contribution is 7.89. The molecule has 2 aliphatic rings. The number of rotatable bonds is 5. The number of hydrogen-bond acceptors (Lipinski definition) is 5. The normalized spacial score (nSPS) is 20.6. The summed E-state index contributed by atoms with van der Waals surface area (Å²) >= 11 is 6.21. The van der Waals surface area contributed by atoms with Crippen LogP contribution in [0.1, 0.15) is 42.4 Å². The molecule has 1 fully saturated rings. The van der Waals surface area contributed by atoms with Gasteiger partial charge >= 0.3 is 5.97 Å². The number of carboxylic acid groups (broad SMARTS) is 1. The van der Waals surface area contributed by atoms with Crippen molar-refractivity contribution < 1.29 is 27.4 Å². The number of hydrogen-bond donors (Lipinski definition) is 1. The number of anilines is 1. The van der Waals surface area contributed by atoms with Crippen LogP contribution in [0.25, 0.3) is 0 Å². The number of fused-ring (bicyclic) bond motifs is 1. The predicted molar refractivity (Wildman–Crippen MR) is 127 cm³/mol. The first kappa shape index (κ1) is 24.9. The molecule has 4 rings (SSSR count). The summed E-state index contributed by atoms with van der Waals surface area (Å²) in [5.41, 5.74) is 2.08. The zero-order valence-corrected chi connectivity index (χ0v) is 20.9. The van der Waals surface area contributed by atoms with Gasteiger partial charge in [0.25, 0.3) is 0 Å². The number of halogens is 2. The average Bonchev–Trinajstić information content (AvgIpc) is 2.78. The van der Waals surface area contributed by atoms with E-state index in [1.807, 2.05) is 11.8 Å². The van der Waals surface area contributed by atoms with E-state index in [9.17, 15) is 22.7 Å². The first-order valence-corrected chi connectivity index (χ1v) is 13.0. The fraction of sp³-hybridized carbons (Fsp3) is 0.458. The zero-order chi connectivity index (χ0) is 24.8. The van der Waals surface area contributed by atoms with Crippen molar-refractivity contribution in [2.45, 2.75) is 56.5 Å². The molecule has 2 atom stereocenters. The Kier molecular flexibility index (Phi) is 6.92. The number of aliphatic carboxylic acids is 1. The van der Waals surface area contributed by atoms with Crippen LogP contribution in [-0.4, -0.2) is 55.8 Å². The molecule has 0 radical (unpaired) electrons. The standard InChI is InChI=1S/C24H28ClFN2O5S/c1-14-4-6-19(26)22(15(14)2)16(3)23(24(29)30)28-13-27(18-8-10-33-11-9-18)20-12-17(25)5-7-21(20)34(28,31)32/h4-7,12,16,18,23H,8-11,13H2,1-3H3,(H,29,30)/t16-,23+/m1/s1. The van der Waals surface area contributed by atoms with E-state index in [-0.39, 0.29) is 23.2 Å². The fourth-order valence-electron chi connectivity index (χ4n) is 5.02. The summed E-state index contributed by atoms with van der Waals surface area (Å²) in [5, 5.41) is 10.6. The van der Waals surface area contributed by atoms with E-state index >= 15 is 0 Å². The number of ether oxygens (including phenoxy) is 1. The maximum Gasteiger partial charge on any atom is 0.322 e. The van der Waals surface area contributed by atoms with Crippen LogP contribution in [0, 0.1) is 19.7 Å². The summed E-state index contributed by atoms with van der Waals surface area (Å²) in [6.45, 7) is 5.97. The molecule has 2 heterocycles. The fourth-order valence-corrected chi connectivity index (χ4v) is 6.96. The Morgan fingerprint density at radius 3 is 2.53 bits per heavy atom. The molecule has 0 amide bonds. The van der Waals surface area contributed by atoms with Crippen molar-refractivity contribution >= 4 is 33.3 Å². The van der Waals surface area contributed by atoms with Crippen molar-refractivity contribution in [2.24, 2.45) is 0 Å². The van der Waals surface area contributed by atoms with E-state index in [2.05, 4.69) is 0 Å². The van der Waals surface area contributed by atoms with Crippen LogP contribution < -0.4 is 4.90 Å². The van der Waals surface area contributed by atoms with Gasteiger partial charge in [-0.3, -0.25) is 4.79 Å². The molecule has 10 heteroatoms. The Labute approximate surface area is 204 Å². The summed E-state index contributed by atoms with van der Waals surface area (Å²) in [6.07, 6.45) is 1.33. The lowest BCUT2D eigenvalue weighted by molar-refractivity contribution is -0.142. The molecule has 1 N–H and O–H groups in total. The lowest BCUT2D eigenvalue weighted by atomic mass is 9.87. The molecule has 2 aliphatic heterocycles. The summed E-state index contributed by atoms with van der Waals surface area (Å²) in [7, 11) is -4.21. The minimum Gasteiger partial charge on any atom is -0.480 e. The maximum atomic E-state index is 14.9. The zero-order valence-electron chi connectivity index (χ0n) is 19.3. The Morgan fingerprint density at radius 2 is 1.88 bits per heavy atom. The molecule has 2 aromatic rings. The first-order valence-electron chi connectivity index (χ1n) is 11.2. The summed E-state index contributed by atoms with van der Waals surface area (Å²) in [5.74, 6) is -2.82. The van der Waals surface area contributed by atoms with Crippen LogP contribution in [0.3, 0.4) is 0 Å². The van der Waals surface area contributed by atoms with Gasteiger partial charge in [0.05, 0.1) is 12.4 Å². The first-order chi connectivity index (χ1) is 16.0. The topological polar surface area (TPSA) is 87.2 Å². The van der Waals surface area contributed by atoms with E-state index in [0.29, 0.717) is 42.3 Å². The van der Waals surface area contributed by atoms with Crippen molar-refractivity contribution in [2.75, 3.05) is 24.8 Å². The minimum atomic E-state index is -4.21. The SMILES string of the molecule is Cc1ccc(F)c([C@@H](C)[C@@H](C(=O)O)N2CN(C3CCOCC3)c3cc(Cl)ccc3S2(=O)=O)c1C. The quantitative estimate of drug-likeness (QED) is 0.645. The van der Waals surface area contributed by atoms with Gasteiger partial charge in [-0.1, -0.05) is 24.6 Å². The van der Waals surface area contributed by atoms with Gasteiger partial charge in [0, 0.05) is 30.2 Å². The number of aryl methyl sites for hydroxylation is 1. The average molecular weight is 511 g/mol. The Balaban J connectivity index is 1.85. The van der Waals surface area contributed by atoms with Crippen LogP contribution in [-0.2, 0) is 19.6 Å². The molecule has 184 valence electrons. The molecular formula is C24H28ClFN2O5S. The Hall–Kier alpha value is -2.20. The molecule has 0 aliphatic carbocycles. The molecule has 0 saturated carbocycles. The van der Waals surface area contributed by atoms with Crippen molar-refractivity contribution in [3.63, 3.8) is 0 Å². The van der Waals surface area contributed by atoms with Crippen LogP contribution >= 0.6 is 11.6 Å². The molecule has 2 aromatic carbocycles. The maximum absolute atomic E-state index is 14.9. The third-order valence-electron chi connectivity index (χ3n) is 6.97. The molecule has 34 heavy (non-hydrogen) atoms. The van der Waals surface area contributed by atoms with Gasteiger partial charge in [0.2, 0.25) is 10.0 Å². The summed E-state index contributed by atoms with van der Waals surface area (Å²) in [4.78, 5) is 14.5. The number of benzene rings is 2. The van der Waals surface area contributed by atoms with Crippen LogP contribution in [0.2, 0.25) is 5.02 Å². The molecular weight excluding hydrogens is 483 g/mol. The lowest BCUT2D eigenvalue weighted by Gasteiger charge is -2.45. The van der Waals surface area contributed by atoms with Gasteiger partial charge in [-0.2, -0.15) is 4.31 Å². The Morgan fingerprint density at radius 1 is 1.21 bits per heavy atom. The van der Waals surface area contributed by atoms with E-state index in [4.69, 9.17) is 16.3 Å². The second-order valence-electron chi connectivity index (χ2n) is 8.93. The summed E-state index contributed by atoms with van der Waals surface area (Å²) in [6, 6.07) is 5.85. The number of carbonyl (C=O) groups is 1. The van der Waals surface area contributed by atoms with E-state index in [0.717, 1.165) is 9.87 Å². The van der Waals surface area contributed by atoms with Gasteiger partial charge in [-0.05, 0) is 67.6 Å². The minimum absolute atomic E-state index is 0.00507. The van der Waals surface area contributed by atoms with Crippen molar-refractivity contribution in [3.8, 4) is 0 Å². The van der Waals surface area contributed by atoms with Gasteiger partial charge < -0.3 is 14.7 Å². The number of carboxylic acids is 1. The van der Waals surface area contributed by atoms with Gasteiger partial charge in [-0.15, -0.1) is 0 Å². The third kappa shape index (κ3) is 4.30. The highest BCUT2D eigenvalue weighted by Gasteiger charge is 2.47. The largest absolute Gasteiger partial charge is 0.480 e. The second-order valence-corrected chi connectivity index (χ2v) is 11.2. The number of nitrogens with zero attached hydrogens (tertiary/aromatic N) is 2. The summed E-state index contributed by atoms with van der Waals surface area (Å²) < 4.78 is 48.9. The van der Waals surface area contributed by atoms with E-state index in [1.54, 1.807) is 26.0 Å². The van der Waals surface area contributed by atoms with Crippen LogP contribution in [0.5, 0.6) is 0 Å². The molecule has 0 aromatic heterocycles. The Bertz CT molecular complexity index is 1220. The monoisotopic (exact) mass is 510 g/mol. The van der Waals surface area contributed by atoms with Gasteiger partial charge in [0.15, 0.2) is 0 Å². The highest BCUT2D eigenvalue weighted by atomic mass is 35.5. The molecule has 0 unspecified atom stereocenters.